The Balaban J connectivity index is 1.71. The Morgan fingerprint density at radius 1 is 1.38 bits per heavy atom. The highest BCUT2D eigenvalue weighted by Crippen LogP contribution is 2.29. The molecule has 5 N–H and O–H groups in total. The van der Waals surface area contributed by atoms with Gasteiger partial charge in [0.25, 0.3) is 0 Å². The number of aliphatic hydroxyl groups is 2. The van der Waals surface area contributed by atoms with Gasteiger partial charge in [-0.15, -0.1) is 0 Å². The first kappa shape index (κ1) is 18.2. The number of thiazole rings is 1. The van der Waals surface area contributed by atoms with E-state index in [-0.39, 0.29) is 19.6 Å². The molecule has 1 aromatic carbocycles. The Bertz CT molecular complexity index is 663. The number of anilines is 1. The average molecular weight is 351 g/mol. The fraction of sp³-hybridized carbons (Fsp3) is 0.375. The van der Waals surface area contributed by atoms with Crippen molar-refractivity contribution in [2.75, 3.05) is 12.3 Å². The lowest BCUT2D eigenvalue weighted by molar-refractivity contribution is 0.0153. The summed E-state index contributed by atoms with van der Waals surface area (Å²) >= 11 is 1.14. The predicted molar refractivity (Wildman–Crippen MR) is 91.5 cm³/mol. The molecule has 0 spiro atoms. The maximum atomic E-state index is 11.6. The molecule has 2 unspecified atom stereocenters. The van der Waals surface area contributed by atoms with Gasteiger partial charge in [0.05, 0.1) is 16.7 Å². The van der Waals surface area contributed by atoms with Crippen LogP contribution in [0.4, 0.5) is 9.93 Å². The Hall–Kier alpha value is -2.16. The molecule has 1 aromatic heterocycles. The van der Waals surface area contributed by atoms with Crippen LogP contribution in [0, 0.1) is 6.92 Å². The number of aromatic nitrogens is 1. The average Bonchev–Trinajstić information content (AvgIpc) is 2.91. The molecule has 0 aliphatic carbocycles. The van der Waals surface area contributed by atoms with E-state index in [0.717, 1.165) is 16.9 Å². The molecule has 0 aliphatic rings. The number of carbonyl (C=O) groups excluding carboxylic acids is 1. The Labute approximate surface area is 144 Å². The zero-order chi connectivity index (χ0) is 17.5. The third kappa shape index (κ3) is 5.19. The van der Waals surface area contributed by atoms with Crippen molar-refractivity contribution in [2.45, 2.75) is 32.2 Å². The fourth-order valence-electron chi connectivity index (χ4n) is 2.13. The summed E-state index contributed by atoms with van der Waals surface area (Å²) in [5.74, 6) is 0. The first-order chi connectivity index (χ1) is 11.5. The highest BCUT2D eigenvalue weighted by Gasteiger charge is 2.23. The van der Waals surface area contributed by atoms with E-state index in [0.29, 0.717) is 15.7 Å². The lowest BCUT2D eigenvalue weighted by Crippen LogP contribution is -2.29. The quantitative estimate of drug-likeness (QED) is 0.603. The van der Waals surface area contributed by atoms with Crippen molar-refractivity contribution < 1.29 is 19.7 Å². The van der Waals surface area contributed by atoms with Crippen LogP contribution in [0.5, 0.6) is 0 Å². The van der Waals surface area contributed by atoms with Crippen LogP contribution in [-0.2, 0) is 11.3 Å². The second-order valence-corrected chi connectivity index (χ2v) is 6.35. The minimum absolute atomic E-state index is 0.178. The third-order valence-corrected chi connectivity index (χ3v) is 4.46. The van der Waals surface area contributed by atoms with Crippen LogP contribution in [0.25, 0.3) is 0 Å². The minimum atomic E-state index is -1.08. The SMILES string of the molecule is Cc1nc(N)sc1C(O)C(O)CCNC(=O)OCc1ccccc1. The number of nitrogens with two attached hydrogens (primary N) is 1. The highest BCUT2D eigenvalue weighted by molar-refractivity contribution is 7.15. The molecule has 7 nitrogen and oxygen atoms in total. The Morgan fingerprint density at radius 3 is 2.71 bits per heavy atom. The zero-order valence-electron chi connectivity index (χ0n) is 13.3. The summed E-state index contributed by atoms with van der Waals surface area (Å²) in [5.41, 5.74) is 7.07. The van der Waals surface area contributed by atoms with Crippen LogP contribution in [0.15, 0.2) is 30.3 Å². The molecule has 2 aromatic rings. The van der Waals surface area contributed by atoms with Crippen molar-refractivity contribution in [3.63, 3.8) is 0 Å². The number of aliphatic hydroxyl groups excluding tert-OH is 2. The molecule has 24 heavy (non-hydrogen) atoms. The number of hydrogen-bond acceptors (Lipinski definition) is 7. The van der Waals surface area contributed by atoms with Crippen LogP contribution in [0.3, 0.4) is 0 Å². The molecule has 8 heteroatoms. The third-order valence-electron chi connectivity index (χ3n) is 3.40. The molecule has 0 saturated heterocycles. The number of alkyl carbamates (subject to hydrolysis) is 1. The first-order valence-corrected chi connectivity index (χ1v) is 8.32. The first-order valence-electron chi connectivity index (χ1n) is 7.51. The zero-order valence-corrected chi connectivity index (χ0v) is 14.1. The molecule has 130 valence electrons. The summed E-state index contributed by atoms with van der Waals surface area (Å²) in [4.78, 5) is 16.1. The van der Waals surface area contributed by atoms with E-state index >= 15 is 0 Å². The van der Waals surface area contributed by atoms with Gasteiger partial charge in [-0.25, -0.2) is 9.78 Å². The molecule has 2 atom stereocenters. The molecule has 0 radical (unpaired) electrons. The number of amides is 1. The molecular formula is C16H21N3O4S. The number of carbonyl (C=O) groups is 1. The largest absolute Gasteiger partial charge is 0.445 e. The van der Waals surface area contributed by atoms with Crippen molar-refractivity contribution >= 4 is 22.6 Å². The summed E-state index contributed by atoms with van der Waals surface area (Å²) in [6.07, 6.45) is -2.50. The van der Waals surface area contributed by atoms with Gasteiger partial charge in [0.15, 0.2) is 5.13 Å². The number of hydrogen-bond donors (Lipinski definition) is 4. The minimum Gasteiger partial charge on any atom is -0.445 e. The summed E-state index contributed by atoms with van der Waals surface area (Å²) < 4.78 is 5.06. The number of rotatable bonds is 7. The summed E-state index contributed by atoms with van der Waals surface area (Å²) in [6, 6.07) is 9.33. The van der Waals surface area contributed by atoms with Gasteiger partial charge in [-0.05, 0) is 18.9 Å². The molecule has 0 saturated carbocycles. The fourth-order valence-corrected chi connectivity index (χ4v) is 3.01. The Kier molecular flexibility index (Phi) is 6.53. The standard InChI is InChI=1S/C16H21N3O4S/c1-10-14(24-15(17)19-10)13(21)12(20)7-8-18-16(22)23-9-11-5-3-2-4-6-11/h2-6,12-13,20-21H,7-9H2,1H3,(H2,17,19)(H,18,22). The van der Waals surface area contributed by atoms with Crippen LogP contribution >= 0.6 is 11.3 Å². The number of aryl methyl sites for hydroxylation is 1. The molecule has 1 heterocycles. The van der Waals surface area contributed by atoms with Gasteiger partial charge in [0.2, 0.25) is 0 Å². The van der Waals surface area contributed by atoms with E-state index in [1.807, 2.05) is 30.3 Å². The number of ether oxygens (including phenoxy) is 1. The van der Waals surface area contributed by atoms with Crippen molar-refractivity contribution in [1.82, 2.24) is 10.3 Å². The van der Waals surface area contributed by atoms with E-state index in [2.05, 4.69) is 10.3 Å². The number of nitrogen functional groups attached to an aromatic ring is 1. The lowest BCUT2D eigenvalue weighted by Gasteiger charge is -2.17. The van der Waals surface area contributed by atoms with Crippen LogP contribution < -0.4 is 11.1 Å². The number of nitrogens with zero attached hydrogens (tertiary/aromatic N) is 1. The van der Waals surface area contributed by atoms with Gasteiger partial charge >= 0.3 is 6.09 Å². The maximum absolute atomic E-state index is 11.6. The molecule has 0 fully saturated rings. The van der Waals surface area contributed by atoms with Crippen molar-refractivity contribution in [1.29, 1.82) is 0 Å². The predicted octanol–water partition coefficient (Wildman–Crippen LogP) is 1.74. The molecule has 2 rings (SSSR count). The van der Waals surface area contributed by atoms with Gasteiger partial charge in [-0.3, -0.25) is 0 Å². The number of benzene rings is 1. The van der Waals surface area contributed by atoms with Crippen molar-refractivity contribution in [3.05, 3.63) is 46.5 Å². The monoisotopic (exact) mass is 351 g/mol. The lowest BCUT2D eigenvalue weighted by atomic mass is 10.1. The summed E-state index contributed by atoms with van der Waals surface area (Å²) in [6.45, 7) is 2.08. The smallest absolute Gasteiger partial charge is 0.407 e. The second-order valence-electron chi connectivity index (χ2n) is 5.29. The van der Waals surface area contributed by atoms with Crippen LogP contribution in [-0.4, -0.2) is 33.9 Å². The topological polar surface area (TPSA) is 118 Å². The van der Waals surface area contributed by atoms with Gasteiger partial charge in [-0.1, -0.05) is 41.7 Å². The normalized spacial score (nSPS) is 13.3. The molecule has 0 aliphatic heterocycles. The second kappa shape index (κ2) is 8.62. The highest BCUT2D eigenvalue weighted by atomic mass is 32.1. The van der Waals surface area contributed by atoms with Gasteiger partial charge < -0.3 is 26.0 Å². The van der Waals surface area contributed by atoms with Crippen LogP contribution in [0.1, 0.15) is 28.7 Å². The van der Waals surface area contributed by atoms with Crippen molar-refractivity contribution in [2.24, 2.45) is 0 Å². The van der Waals surface area contributed by atoms with Gasteiger partial charge in [0, 0.05) is 6.54 Å². The Morgan fingerprint density at radius 2 is 2.08 bits per heavy atom. The number of nitrogens with one attached hydrogen (secondary N) is 1. The van der Waals surface area contributed by atoms with E-state index in [1.54, 1.807) is 6.92 Å². The molecule has 1 amide bonds. The van der Waals surface area contributed by atoms with E-state index in [1.165, 1.54) is 0 Å². The van der Waals surface area contributed by atoms with Crippen LogP contribution in [0.2, 0.25) is 0 Å². The van der Waals surface area contributed by atoms with Crippen molar-refractivity contribution in [3.8, 4) is 0 Å². The van der Waals surface area contributed by atoms with Gasteiger partial charge in [0.1, 0.15) is 12.7 Å². The summed E-state index contributed by atoms with van der Waals surface area (Å²) in [7, 11) is 0. The molecule has 0 bridgehead atoms. The molecular weight excluding hydrogens is 330 g/mol. The van der Waals surface area contributed by atoms with E-state index in [4.69, 9.17) is 10.5 Å². The van der Waals surface area contributed by atoms with Gasteiger partial charge in [-0.2, -0.15) is 0 Å². The van der Waals surface area contributed by atoms with E-state index < -0.39 is 18.3 Å². The summed E-state index contributed by atoms with van der Waals surface area (Å²) in [5, 5.41) is 23.0. The van der Waals surface area contributed by atoms with E-state index in [9.17, 15) is 15.0 Å². The maximum Gasteiger partial charge on any atom is 0.407 e.